The van der Waals surface area contributed by atoms with Crippen LogP contribution in [0, 0.1) is 15.9 Å². The van der Waals surface area contributed by atoms with E-state index in [0.717, 1.165) is 18.2 Å². The fraction of sp³-hybridized carbons (Fsp3) is 0.111. The summed E-state index contributed by atoms with van der Waals surface area (Å²) in [5, 5.41) is 10.6. The molecule has 0 saturated carbocycles. The molecule has 0 spiro atoms. The smallest absolute Gasteiger partial charge is 0.277 e. The number of benzene rings is 1. The molecule has 0 aliphatic heterocycles. The second kappa shape index (κ2) is 3.97. The predicted octanol–water partition coefficient (Wildman–Crippen LogP) is 1.71. The van der Waals surface area contributed by atoms with Crippen LogP contribution in [0.1, 0.15) is 5.56 Å². The van der Waals surface area contributed by atoms with Crippen LogP contribution in [-0.4, -0.2) is 11.5 Å². The molecule has 0 heterocycles. The van der Waals surface area contributed by atoms with Gasteiger partial charge in [0.25, 0.3) is 5.69 Å². The van der Waals surface area contributed by atoms with Gasteiger partial charge < -0.3 is 5.73 Å². The van der Waals surface area contributed by atoms with Gasteiger partial charge in [0.2, 0.25) is 0 Å². The summed E-state index contributed by atoms with van der Waals surface area (Å²) in [6.45, 7) is 3.59. The minimum Gasteiger partial charge on any atom is -0.326 e. The van der Waals surface area contributed by atoms with Crippen LogP contribution in [0.3, 0.4) is 0 Å². The largest absolute Gasteiger partial charge is 0.326 e. The molecule has 1 aromatic carbocycles. The van der Waals surface area contributed by atoms with Crippen molar-refractivity contribution >= 4 is 11.3 Å². The Morgan fingerprint density at radius 1 is 1.64 bits per heavy atom. The molecule has 74 valence electrons. The van der Waals surface area contributed by atoms with Gasteiger partial charge in [0.1, 0.15) is 5.82 Å². The Hall–Kier alpha value is -1.75. The average Bonchev–Trinajstić information content (AvgIpc) is 2.16. The normalized spacial score (nSPS) is 9.86. The van der Waals surface area contributed by atoms with Gasteiger partial charge in [0.05, 0.1) is 10.5 Å². The van der Waals surface area contributed by atoms with Crippen molar-refractivity contribution < 1.29 is 9.31 Å². The minimum absolute atomic E-state index is 0.0598. The Balaban J connectivity index is 3.29. The van der Waals surface area contributed by atoms with Crippen molar-refractivity contribution in [1.82, 2.24) is 0 Å². The number of hydrogen-bond donors (Lipinski definition) is 1. The number of rotatable bonds is 3. The summed E-state index contributed by atoms with van der Waals surface area (Å²) in [4.78, 5) is 9.97. The van der Waals surface area contributed by atoms with E-state index in [-0.39, 0.29) is 17.8 Å². The average molecular weight is 196 g/mol. The molecule has 4 nitrogen and oxygen atoms in total. The van der Waals surface area contributed by atoms with Crippen molar-refractivity contribution in [3.05, 3.63) is 46.3 Å². The van der Waals surface area contributed by atoms with E-state index in [1.807, 2.05) is 0 Å². The Morgan fingerprint density at radius 3 is 2.79 bits per heavy atom. The molecule has 14 heavy (non-hydrogen) atoms. The SMILES string of the molecule is C=C(CN)c1cc(F)ccc1[N+](=O)[O-]. The van der Waals surface area contributed by atoms with Crippen LogP contribution in [0.5, 0.6) is 0 Å². The Morgan fingerprint density at radius 2 is 2.29 bits per heavy atom. The minimum atomic E-state index is -0.588. The fourth-order valence-electron chi connectivity index (χ4n) is 1.06. The zero-order valence-electron chi connectivity index (χ0n) is 7.37. The summed E-state index contributed by atoms with van der Waals surface area (Å²) >= 11 is 0. The van der Waals surface area contributed by atoms with Crippen LogP contribution in [0.25, 0.3) is 5.57 Å². The van der Waals surface area contributed by atoms with Gasteiger partial charge in [0.15, 0.2) is 0 Å². The third kappa shape index (κ3) is 1.94. The first-order valence-electron chi connectivity index (χ1n) is 3.88. The van der Waals surface area contributed by atoms with E-state index < -0.39 is 10.7 Å². The van der Waals surface area contributed by atoms with E-state index in [1.165, 1.54) is 0 Å². The molecule has 0 radical (unpaired) electrons. The third-order valence-electron chi connectivity index (χ3n) is 1.78. The van der Waals surface area contributed by atoms with Crippen molar-refractivity contribution in [2.45, 2.75) is 0 Å². The molecule has 0 amide bonds. The van der Waals surface area contributed by atoms with E-state index in [1.54, 1.807) is 0 Å². The van der Waals surface area contributed by atoms with Gasteiger partial charge in [-0.3, -0.25) is 10.1 Å². The quantitative estimate of drug-likeness (QED) is 0.591. The van der Waals surface area contributed by atoms with Crippen LogP contribution in [0.4, 0.5) is 10.1 Å². The first-order chi connectivity index (χ1) is 6.56. The second-order valence-electron chi connectivity index (χ2n) is 2.73. The molecule has 5 heteroatoms. The van der Waals surface area contributed by atoms with Crippen LogP contribution < -0.4 is 5.73 Å². The number of nitro benzene ring substituents is 1. The summed E-state index contributed by atoms with van der Waals surface area (Å²) in [7, 11) is 0. The van der Waals surface area contributed by atoms with Crippen LogP contribution >= 0.6 is 0 Å². The molecule has 0 aliphatic rings. The van der Waals surface area contributed by atoms with Gasteiger partial charge in [-0.25, -0.2) is 4.39 Å². The van der Waals surface area contributed by atoms with Gasteiger partial charge in [0, 0.05) is 12.6 Å². The fourth-order valence-corrected chi connectivity index (χ4v) is 1.06. The summed E-state index contributed by atoms with van der Waals surface area (Å²) in [6, 6.07) is 3.20. The van der Waals surface area contributed by atoms with Crippen molar-refractivity contribution in [3.8, 4) is 0 Å². The van der Waals surface area contributed by atoms with Gasteiger partial charge in [-0.2, -0.15) is 0 Å². The molecule has 0 unspecified atom stereocenters. The van der Waals surface area contributed by atoms with Crippen molar-refractivity contribution in [1.29, 1.82) is 0 Å². The maximum Gasteiger partial charge on any atom is 0.277 e. The van der Waals surface area contributed by atoms with E-state index in [9.17, 15) is 14.5 Å². The topological polar surface area (TPSA) is 69.2 Å². The molecule has 0 bridgehead atoms. The molecule has 2 N–H and O–H groups in total. The van der Waals surface area contributed by atoms with E-state index in [4.69, 9.17) is 5.73 Å². The Kier molecular flexibility index (Phi) is 2.93. The molecule has 0 aromatic heterocycles. The Labute approximate surface area is 80.0 Å². The molecule has 0 atom stereocenters. The molecular weight excluding hydrogens is 187 g/mol. The maximum atomic E-state index is 12.8. The first-order valence-corrected chi connectivity index (χ1v) is 3.88. The number of halogens is 1. The number of hydrogen-bond acceptors (Lipinski definition) is 3. The number of nitrogens with zero attached hydrogens (tertiary/aromatic N) is 1. The molecule has 1 aromatic rings. The zero-order chi connectivity index (χ0) is 10.7. The highest BCUT2D eigenvalue weighted by Gasteiger charge is 2.15. The summed E-state index contributed by atoms with van der Waals surface area (Å²) in [5.74, 6) is -0.541. The summed E-state index contributed by atoms with van der Waals surface area (Å²) in [5.41, 5.74) is 5.59. The second-order valence-corrected chi connectivity index (χ2v) is 2.73. The van der Waals surface area contributed by atoms with Crippen molar-refractivity contribution in [2.75, 3.05) is 6.54 Å². The molecule has 1 rings (SSSR count). The van der Waals surface area contributed by atoms with Gasteiger partial charge in [-0.15, -0.1) is 0 Å². The molecule has 0 saturated heterocycles. The number of nitro groups is 1. The lowest BCUT2D eigenvalue weighted by molar-refractivity contribution is -0.385. The lowest BCUT2D eigenvalue weighted by atomic mass is 10.1. The lowest BCUT2D eigenvalue weighted by Gasteiger charge is -2.03. The highest BCUT2D eigenvalue weighted by atomic mass is 19.1. The van der Waals surface area contributed by atoms with Crippen molar-refractivity contribution in [2.24, 2.45) is 5.73 Å². The first kappa shape index (κ1) is 10.3. The van der Waals surface area contributed by atoms with Crippen LogP contribution in [-0.2, 0) is 0 Å². The molecular formula is C9H9FN2O2. The number of nitrogens with two attached hydrogens (primary N) is 1. The van der Waals surface area contributed by atoms with Crippen LogP contribution in [0.2, 0.25) is 0 Å². The lowest BCUT2D eigenvalue weighted by Crippen LogP contribution is -2.04. The highest BCUT2D eigenvalue weighted by Crippen LogP contribution is 2.24. The van der Waals surface area contributed by atoms with Gasteiger partial charge in [-0.1, -0.05) is 6.58 Å². The van der Waals surface area contributed by atoms with Gasteiger partial charge in [-0.05, 0) is 17.7 Å². The van der Waals surface area contributed by atoms with E-state index in [2.05, 4.69) is 6.58 Å². The van der Waals surface area contributed by atoms with Gasteiger partial charge >= 0.3 is 0 Å². The Bertz CT molecular complexity index is 390. The monoisotopic (exact) mass is 196 g/mol. The molecule has 0 fully saturated rings. The molecule has 0 aliphatic carbocycles. The maximum absolute atomic E-state index is 12.8. The van der Waals surface area contributed by atoms with Crippen molar-refractivity contribution in [3.63, 3.8) is 0 Å². The van der Waals surface area contributed by atoms with E-state index in [0.29, 0.717) is 5.57 Å². The zero-order valence-corrected chi connectivity index (χ0v) is 7.37. The third-order valence-corrected chi connectivity index (χ3v) is 1.78. The highest BCUT2D eigenvalue weighted by molar-refractivity contribution is 5.72. The summed E-state index contributed by atoms with van der Waals surface area (Å²) in [6.07, 6.45) is 0. The van der Waals surface area contributed by atoms with E-state index >= 15 is 0 Å². The summed E-state index contributed by atoms with van der Waals surface area (Å²) < 4.78 is 12.8. The predicted molar refractivity (Wildman–Crippen MR) is 51.1 cm³/mol. The van der Waals surface area contributed by atoms with Crippen LogP contribution in [0.15, 0.2) is 24.8 Å². The standard InChI is InChI=1S/C9H9FN2O2/c1-6(5-11)8-4-7(10)2-3-9(8)12(13)14/h2-4H,1,5,11H2.